The second-order valence-electron chi connectivity index (χ2n) is 4.66. The topological polar surface area (TPSA) is 160 Å². The van der Waals surface area contributed by atoms with Crippen molar-refractivity contribution in [2.24, 2.45) is 12.8 Å². The highest BCUT2D eigenvalue weighted by atomic mass is 16.4. The van der Waals surface area contributed by atoms with Crippen molar-refractivity contribution >= 4 is 17.8 Å². The number of nitrogens with two attached hydrogens (primary N) is 1. The van der Waals surface area contributed by atoms with Crippen LogP contribution in [0.3, 0.4) is 0 Å². The van der Waals surface area contributed by atoms with E-state index in [1.807, 2.05) is 0 Å². The average molecular weight is 329 g/mol. The number of carbonyl (C=O) groups excluding carboxylic acids is 1. The van der Waals surface area contributed by atoms with Crippen LogP contribution in [0.15, 0.2) is 12.5 Å². The second-order valence-corrected chi connectivity index (χ2v) is 4.66. The molecule has 1 aromatic rings. The molecule has 0 saturated heterocycles. The van der Waals surface area contributed by atoms with E-state index in [9.17, 15) is 14.4 Å². The molecule has 1 heterocycles. The highest BCUT2D eigenvalue weighted by Gasteiger charge is 2.20. The van der Waals surface area contributed by atoms with Crippen LogP contribution in [-0.4, -0.2) is 63.8 Å². The van der Waals surface area contributed by atoms with Crippen LogP contribution in [0.4, 0.5) is 0 Å². The first-order valence-electron chi connectivity index (χ1n) is 6.85. The largest absolute Gasteiger partial charge is 0.480 e. The summed E-state index contributed by atoms with van der Waals surface area (Å²) in [6.07, 6.45) is 3.57. The van der Waals surface area contributed by atoms with Crippen LogP contribution in [0.1, 0.15) is 12.1 Å². The maximum Gasteiger partial charge on any atom is 0.326 e. The molecule has 23 heavy (non-hydrogen) atoms. The Morgan fingerprint density at radius 3 is 2.39 bits per heavy atom. The molecule has 1 amide bonds. The molecular formula is C13H23N5O5. The number of carboxylic acid groups (broad SMARTS) is 2. The van der Waals surface area contributed by atoms with Crippen molar-refractivity contribution in [2.75, 3.05) is 20.1 Å². The maximum atomic E-state index is 11.3. The molecule has 10 nitrogen and oxygen atoms in total. The van der Waals surface area contributed by atoms with Crippen molar-refractivity contribution < 1.29 is 24.6 Å². The summed E-state index contributed by atoms with van der Waals surface area (Å²) in [6, 6.07) is -0.969. The van der Waals surface area contributed by atoms with E-state index in [2.05, 4.69) is 15.6 Å². The molecule has 1 atom stereocenters. The fourth-order valence-corrected chi connectivity index (χ4v) is 1.53. The van der Waals surface area contributed by atoms with Gasteiger partial charge in [0, 0.05) is 32.6 Å². The number of hydrogen-bond acceptors (Lipinski definition) is 6. The van der Waals surface area contributed by atoms with Crippen molar-refractivity contribution in [3.63, 3.8) is 0 Å². The molecular weight excluding hydrogens is 306 g/mol. The smallest absolute Gasteiger partial charge is 0.326 e. The van der Waals surface area contributed by atoms with Crippen LogP contribution < -0.4 is 16.4 Å². The zero-order chi connectivity index (χ0) is 17.8. The Balaban J connectivity index is 0.000000688. The van der Waals surface area contributed by atoms with Crippen LogP contribution in [0, 0.1) is 0 Å². The fraction of sp³-hybridized carbons (Fsp3) is 0.538. The molecule has 0 aliphatic carbocycles. The third kappa shape index (κ3) is 9.98. The molecule has 0 saturated carbocycles. The minimum atomic E-state index is -1.08. The van der Waals surface area contributed by atoms with Crippen molar-refractivity contribution in [3.8, 4) is 0 Å². The number of carboxylic acids is 2. The molecule has 0 radical (unpaired) electrons. The lowest BCUT2D eigenvalue weighted by atomic mass is 10.1. The van der Waals surface area contributed by atoms with Gasteiger partial charge in [-0.15, -0.1) is 0 Å². The van der Waals surface area contributed by atoms with Gasteiger partial charge in [-0.05, 0) is 7.05 Å². The molecule has 130 valence electrons. The Morgan fingerprint density at radius 1 is 1.39 bits per heavy atom. The van der Waals surface area contributed by atoms with E-state index in [0.29, 0.717) is 5.69 Å². The van der Waals surface area contributed by atoms with Crippen molar-refractivity contribution in [2.45, 2.75) is 18.9 Å². The number of aromatic nitrogens is 2. The quantitative estimate of drug-likeness (QED) is 0.372. The Morgan fingerprint density at radius 2 is 2.04 bits per heavy atom. The molecule has 0 aliphatic heterocycles. The first-order valence-corrected chi connectivity index (χ1v) is 6.85. The van der Waals surface area contributed by atoms with Gasteiger partial charge in [-0.2, -0.15) is 0 Å². The summed E-state index contributed by atoms with van der Waals surface area (Å²) in [7, 11) is 3.38. The average Bonchev–Trinajstić information content (AvgIpc) is 2.84. The monoisotopic (exact) mass is 329 g/mol. The summed E-state index contributed by atoms with van der Waals surface area (Å²) >= 11 is 0. The predicted octanol–water partition coefficient (Wildman–Crippen LogP) is -1.83. The minimum Gasteiger partial charge on any atom is -0.480 e. The number of imidazole rings is 1. The lowest BCUT2D eigenvalue weighted by Crippen LogP contribution is -2.42. The first-order chi connectivity index (χ1) is 10.8. The third-order valence-corrected chi connectivity index (χ3v) is 2.50. The lowest BCUT2D eigenvalue weighted by Gasteiger charge is -2.12. The van der Waals surface area contributed by atoms with E-state index in [0.717, 1.165) is 0 Å². The minimum absolute atomic E-state index is 0.0417. The summed E-state index contributed by atoms with van der Waals surface area (Å²) in [5.41, 5.74) is 5.83. The summed E-state index contributed by atoms with van der Waals surface area (Å²) in [5, 5.41) is 21.7. The molecule has 1 aromatic heterocycles. The van der Waals surface area contributed by atoms with Gasteiger partial charge in [0.05, 0.1) is 18.6 Å². The van der Waals surface area contributed by atoms with Gasteiger partial charge < -0.3 is 31.1 Å². The van der Waals surface area contributed by atoms with Crippen LogP contribution in [0.5, 0.6) is 0 Å². The summed E-state index contributed by atoms with van der Waals surface area (Å²) in [4.78, 5) is 35.8. The van der Waals surface area contributed by atoms with E-state index < -0.39 is 18.0 Å². The van der Waals surface area contributed by atoms with Gasteiger partial charge >= 0.3 is 11.9 Å². The number of nitrogens with one attached hydrogen (secondary N) is 2. The molecule has 0 aromatic carbocycles. The highest BCUT2D eigenvalue weighted by molar-refractivity contribution is 5.83. The molecule has 10 heteroatoms. The fourth-order valence-electron chi connectivity index (χ4n) is 1.53. The summed E-state index contributed by atoms with van der Waals surface area (Å²) in [6.45, 7) is 0.238. The number of aryl methyl sites for hydroxylation is 1. The number of nitrogens with zero attached hydrogens (tertiary/aromatic N) is 2. The molecule has 1 rings (SSSR count). The standard InChI is InChI=1S/C10H16N4O3.C3H7NO2/c1-14-5-7(12-6-14)4-8(10(16)17)13-9(15)2-3-11;1-4-2-3(5)6/h5-6,8H,2-4,11H2,1H3,(H,13,15)(H,16,17);4H,2H2,1H3,(H,5,6)/t8-;/m0./s1. The van der Waals surface area contributed by atoms with Crippen LogP contribution in [-0.2, 0) is 27.9 Å². The van der Waals surface area contributed by atoms with E-state index in [4.69, 9.17) is 15.9 Å². The van der Waals surface area contributed by atoms with Gasteiger partial charge in [0.15, 0.2) is 0 Å². The van der Waals surface area contributed by atoms with Crippen molar-refractivity contribution in [1.29, 1.82) is 0 Å². The zero-order valence-corrected chi connectivity index (χ0v) is 13.2. The number of likely N-dealkylation sites (N-methyl/N-ethyl adjacent to an activating group) is 1. The molecule has 0 fully saturated rings. The lowest BCUT2D eigenvalue weighted by molar-refractivity contribution is -0.141. The van der Waals surface area contributed by atoms with Crippen LogP contribution in [0.25, 0.3) is 0 Å². The number of aliphatic carboxylic acids is 2. The van der Waals surface area contributed by atoms with Gasteiger partial charge in [0.25, 0.3) is 0 Å². The van der Waals surface area contributed by atoms with E-state index in [-0.39, 0.29) is 31.8 Å². The zero-order valence-electron chi connectivity index (χ0n) is 13.2. The van der Waals surface area contributed by atoms with E-state index in [1.54, 1.807) is 31.2 Å². The number of rotatable bonds is 8. The molecule has 0 aliphatic rings. The Bertz CT molecular complexity index is 517. The molecule has 6 N–H and O–H groups in total. The van der Waals surface area contributed by atoms with Gasteiger partial charge in [-0.1, -0.05) is 0 Å². The van der Waals surface area contributed by atoms with E-state index in [1.165, 1.54) is 0 Å². The predicted molar refractivity (Wildman–Crippen MR) is 81.7 cm³/mol. The Kier molecular flexibility index (Phi) is 9.96. The van der Waals surface area contributed by atoms with Gasteiger partial charge in [0.1, 0.15) is 6.04 Å². The van der Waals surface area contributed by atoms with Gasteiger partial charge in [0.2, 0.25) is 5.91 Å². The number of amides is 1. The Hall–Kier alpha value is -2.46. The normalized spacial score (nSPS) is 11.1. The molecule has 0 spiro atoms. The third-order valence-electron chi connectivity index (χ3n) is 2.50. The SMILES string of the molecule is CNCC(=O)O.Cn1cnc(C[C@H](NC(=O)CCN)C(=O)O)c1. The maximum absolute atomic E-state index is 11.3. The second kappa shape index (κ2) is 11.2. The van der Waals surface area contributed by atoms with Crippen molar-refractivity contribution in [1.82, 2.24) is 20.2 Å². The number of hydrogen-bond donors (Lipinski definition) is 5. The Labute approximate surface area is 133 Å². The first kappa shape index (κ1) is 20.5. The summed E-state index contributed by atoms with van der Waals surface area (Å²) in [5.74, 6) is -2.27. The molecule has 0 bridgehead atoms. The molecule has 0 unspecified atom stereocenters. The van der Waals surface area contributed by atoms with Gasteiger partial charge in [-0.3, -0.25) is 9.59 Å². The van der Waals surface area contributed by atoms with Crippen LogP contribution in [0.2, 0.25) is 0 Å². The van der Waals surface area contributed by atoms with Gasteiger partial charge in [-0.25, -0.2) is 9.78 Å². The van der Waals surface area contributed by atoms with Crippen LogP contribution >= 0.6 is 0 Å². The summed E-state index contributed by atoms with van der Waals surface area (Å²) < 4.78 is 1.72. The van der Waals surface area contributed by atoms with E-state index >= 15 is 0 Å². The number of carbonyl (C=O) groups is 3. The van der Waals surface area contributed by atoms with Crippen molar-refractivity contribution in [3.05, 3.63) is 18.2 Å². The highest BCUT2D eigenvalue weighted by Crippen LogP contribution is 2.00.